The molecule has 0 aromatic heterocycles. The first kappa shape index (κ1) is 32.5. The minimum absolute atomic E-state index is 1.06. The van der Waals surface area contributed by atoms with Gasteiger partial charge < -0.3 is 0 Å². The SMILES string of the molecule is O=C1C2(F)C(F)(F)C3(F)C(F)(F)C1(F)C(F)(OC(F)(F)C(F)(F)OC(F)(F)C(F)(F)OF)C(F)(C2(F)F)C3(F)F. The minimum atomic E-state index is -8.51. The molecule has 0 radical (unpaired) electrons. The van der Waals surface area contributed by atoms with E-state index in [1.165, 1.54) is 9.47 Å². The molecule has 40 heavy (non-hydrogen) atoms. The van der Waals surface area contributed by atoms with E-state index in [9.17, 15) is 88.3 Å². The summed E-state index contributed by atoms with van der Waals surface area (Å²) >= 11 is 0. The van der Waals surface area contributed by atoms with E-state index in [1.54, 1.807) is 0 Å². The Hall–Kier alpha value is -1.99. The molecule has 234 valence electrons. The number of carbonyl (C=O) groups excluding carboxylic acids is 1. The Morgan fingerprint density at radius 1 is 0.475 bits per heavy atom. The Bertz CT molecular complexity index is 1140. The van der Waals surface area contributed by atoms with E-state index in [2.05, 4.69) is 0 Å². The molecule has 0 saturated heterocycles. The number of ether oxygens (including phenoxy) is 2. The molecule has 4 aliphatic carbocycles. The van der Waals surface area contributed by atoms with Crippen molar-refractivity contribution >= 4 is 5.78 Å². The fraction of sp³-hybridized carbons (Fsp3) is 0.929. The third-order valence-corrected chi connectivity index (χ3v) is 6.27. The van der Waals surface area contributed by atoms with Gasteiger partial charge in [-0.2, -0.15) is 70.2 Å². The van der Waals surface area contributed by atoms with Crippen LogP contribution in [0.2, 0.25) is 0 Å². The highest BCUT2D eigenvalue weighted by molar-refractivity contribution is 6.04. The van der Waals surface area contributed by atoms with Gasteiger partial charge in [-0.05, 0) is 4.53 Å². The van der Waals surface area contributed by atoms with Crippen LogP contribution in [0.5, 0.6) is 0 Å². The van der Waals surface area contributed by atoms with Crippen molar-refractivity contribution in [2.45, 2.75) is 76.7 Å². The minimum Gasteiger partial charge on any atom is -0.291 e. The lowest BCUT2D eigenvalue weighted by atomic mass is 9.41. The number of carbonyl (C=O) groups is 1. The van der Waals surface area contributed by atoms with Gasteiger partial charge in [-0.1, -0.05) is 0 Å². The first-order valence-corrected chi connectivity index (χ1v) is 8.85. The van der Waals surface area contributed by atoms with Crippen molar-refractivity contribution in [3.05, 3.63) is 0 Å². The van der Waals surface area contributed by atoms with Crippen molar-refractivity contribution in [3.63, 3.8) is 0 Å². The predicted molar refractivity (Wildman–Crippen MR) is 68.1 cm³/mol. The molecule has 4 rings (SSSR count). The molecule has 0 aromatic rings. The fourth-order valence-corrected chi connectivity index (χ4v) is 4.29. The van der Waals surface area contributed by atoms with Crippen LogP contribution in [0.25, 0.3) is 0 Å². The molecule has 4 nitrogen and oxygen atoms in total. The lowest BCUT2D eigenvalue weighted by Crippen LogP contribution is -3.07. The van der Waals surface area contributed by atoms with Crippen LogP contribution in [0.4, 0.5) is 96.7 Å². The van der Waals surface area contributed by atoms with Gasteiger partial charge in [0, 0.05) is 0 Å². The van der Waals surface area contributed by atoms with Crippen LogP contribution in [0, 0.1) is 0 Å². The molecule has 0 N–H and O–H groups in total. The zero-order valence-electron chi connectivity index (χ0n) is 16.9. The fourth-order valence-electron chi connectivity index (χ4n) is 4.29. The second-order valence-corrected chi connectivity index (χ2v) is 8.20. The summed E-state index contributed by atoms with van der Waals surface area (Å²) < 4.78 is 309. The Kier molecular flexibility index (Phi) is 5.80. The van der Waals surface area contributed by atoms with Gasteiger partial charge in [0.15, 0.2) is 0 Å². The summed E-state index contributed by atoms with van der Waals surface area (Å²) in [6.07, 6.45) is -31.0. The standard InChI is InChI=1S/C14F22O4/c15-2-1(37)3(16)8(23,24)4(17,6(2,19)20)9(25,26)5(18,7(2,21)22)10(3,27)38-11(28,29)12(30,31)39-13(32,33)14(34,35)40-36. The van der Waals surface area contributed by atoms with Crippen LogP contribution >= 0.6 is 0 Å². The maximum Gasteiger partial charge on any atom is 0.478 e. The molecule has 4 aliphatic rings. The van der Waals surface area contributed by atoms with Crippen LogP contribution < -0.4 is 0 Å². The van der Waals surface area contributed by atoms with Gasteiger partial charge in [0.1, 0.15) is 0 Å². The van der Waals surface area contributed by atoms with E-state index in [1.807, 2.05) is 0 Å². The first-order valence-electron chi connectivity index (χ1n) is 8.85. The highest BCUT2D eigenvalue weighted by Gasteiger charge is 3.20. The van der Waals surface area contributed by atoms with Gasteiger partial charge in [-0.15, -0.1) is 4.94 Å². The normalized spacial score (nSPS) is 41.9. The van der Waals surface area contributed by atoms with Crippen molar-refractivity contribution in [3.8, 4) is 0 Å². The second-order valence-electron chi connectivity index (χ2n) is 8.20. The van der Waals surface area contributed by atoms with E-state index in [-0.39, 0.29) is 0 Å². The van der Waals surface area contributed by atoms with Crippen LogP contribution in [0.15, 0.2) is 0 Å². The number of hydrogen-bond acceptors (Lipinski definition) is 4. The molecule has 0 heterocycles. The summed E-state index contributed by atoms with van der Waals surface area (Å²) in [5.41, 5.74) is -32.4. The van der Waals surface area contributed by atoms with Gasteiger partial charge in [0.05, 0.1) is 0 Å². The first-order chi connectivity index (χ1) is 17.1. The summed E-state index contributed by atoms with van der Waals surface area (Å²) in [6.45, 7) is 0. The Morgan fingerprint density at radius 3 is 1.23 bits per heavy atom. The largest absolute Gasteiger partial charge is 0.478 e. The van der Waals surface area contributed by atoms with Gasteiger partial charge in [-0.3, -0.25) is 9.53 Å². The zero-order valence-corrected chi connectivity index (χ0v) is 16.9. The number of rotatable bonds is 7. The van der Waals surface area contributed by atoms with E-state index in [0.717, 1.165) is 4.94 Å². The van der Waals surface area contributed by atoms with Crippen LogP contribution in [0.3, 0.4) is 0 Å². The summed E-state index contributed by atoms with van der Waals surface area (Å²) in [7, 11) is 0. The molecule has 0 spiro atoms. The number of alkyl halides is 21. The Labute approximate surface area is 200 Å². The van der Waals surface area contributed by atoms with Crippen molar-refractivity contribution in [1.29, 1.82) is 0 Å². The molecule has 4 saturated carbocycles. The third-order valence-electron chi connectivity index (χ3n) is 6.27. The summed E-state index contributed by atoms with van der Waals surface area (Å²) in [6, 6.07) is 0. The number of ketones is 1. The number of halogens is 22. The molecule has 5 atom stereocenters. The van der Waals surface area contributed by atoms with Gasteiger partial charge in [-0.25, -0.2) is 26.7 Å². The predicted octanol–water partition coefficient (Wildman–Crippen LogP) is 5.94. The number of Topliss-reactive ketones (excluding diaryl/α,β-unsaturated/α-hetero) is 1. The molecule has 4 fully saturated rings. The topological polar surface area (TPSA) is 44.8 Å². The van der Waals surface area contributed by atoms with E-state index in [4.69, 9.17) is 0 Å². The van der Waals surface area contributed by atoms with Crippen molar-refractivity contribution in [2.75, 3.05) is 0 Å². The van der Waals surface area contributed by atoms with Gasteiger partial charge in [0.2, 0.25) is 5.78 Å². The average molecular weight is 650 g/mol. The lowest BCUT2D eigenvalue weighted by Gasteiger charge is -2.71. The summed E-state index contributed by atoms with van der Waals surface area (Å²) in [5, 5.41) is 0. The van der Waals surface area contributed by atoms with Crippen LogP contribution in [0.1, 0.15) is 0 Å². The summed E-state index contributed by atoms with van der Waals surface area (Å²) in [4.78, 5) is 12.7. The molecule has 26 heteroatoms. The van der Waals surface area contributed by atoms with E-state index in [0.29, 0.717) is 0 Å². The highest BCUT2D eigenvalue weighted by atomic mass is 19.4. The maximum absolute atomic E-state index is 15.2. The smallest absolute Gasteiger partial charge is 0.291 e. The van der Waals surface area contributed by atoms with Gasteiger partial charge in [0.25, 0.3) is 0 Å². The van der Waals surface area contributed by atoms with Crippen molar-refractivity contribution < 1.29 is 116 Å². The monoisotopic (exact) mass is 650 g/mol. The Balaban J connectivity index is 2.38. The molecular weight excluding hydrogens is 650 g/mol. The van der Waals surface area contributed by atoms with Crippen LogP contribution in [-0.4, -0.2) is 82.4 Å². The maximum atomic E-state index is 15.2. The summed E-state index contributed by atoms with van der Waals surface area (Å²) in [5.74, 6) is -46.8. The molecule has 0 amide bonds. The zero-order chi connectivity index (χ0) is 32.2. The highest BCUT2D eigenvalue weighted by Crippen LogP contribution is 2.85. The molecule has 4 bridgehead atoms. The lowest BCUT2D eigenvalue weighted by molar-refractivity contribution is -0.595. The molecule has 0 aliphatic heterocycles. The van der Waals surface area contributed by atoms with E-state index >= 15 is 13.2 Å². The third kappa shape index (κ3) is 2.49. The second kappa shape index (κ2) is 7.14. The van der Waals surface area contributed by atoms with Crippen molar-refractivity contribution in [2.24, 2.45) is 0 Å². The average Bonchev–Trinajstić information content (AvgIpc) is 2.76. The number of hydrogen-bond donors (Lipinski definition) is 0. The molecule has 5 unspecified atom stereocenters. The van der Waals surface area contributed by atoms with E-state index < -0.39 is 82.4 Å². The van der Waals surface area contributed by atoms with Crippen LogP contribution in [-0.2, 0) is 19.2 Å². The van der Waals surface area contributed by atoms with Gasteiger partial charge >= 0.3 is 76.7 Å². The quantitative estimate of drug-likeness (QED) is 0.320. The molecule has 0 aromatic carbocycles. The van der Waals surface area contributed by atoms with Crippen molar-refractivity contribution in [1.82, 2.24) is 0 Å². The molecular formula is C14F22O4. The Morgan fingerprint density at radius 2 is 0.825 bits per heavy atom.